The molecule has 0 bridgehead atoms. The molecule has 2 heteroatoms. The van der Waals surface area contributed by atoms with Gasteiger partial charge in [-0.3, -0.25) is 4.79 Å². The molecule has 0 aliphatic carbocycles. The summed E-state index contributed by atoms with van der Waals surface area (Å²) in [5.74, 6) is -0.0434. The van der Waals surface area contributed by atoms with Gasteiger partial charge in [0.15, 0.2) is 0 Å². The van der Waals surface area contributed by atoms with Crippen molar-refractivity contribution in [2.45, 2.75) is 41.5 Å². The second-order valence-electron chi connectivity index (χ2n) is 2.18. The Labute approximate surface area is 89.3 Å². The molecule has 0 saturated carbocycles. The molecule has 0 rings (SSSR count). The second kappa shape index (κ2) is 14.5. The molecule has 0 aliphatic heterocycles. The summed E-state index contributed by atoms with van der Waals surface area (Å²) in [7, 11) is 1.71. The van der Waals surface area contributed by atoms with Crippen molar-refractivity contribution in [2.75, 3.05) is 7.05 Å². The maximum Gasteiger partial charge on any atom is 0.252 e. The summed E-state index contributed by atoms with van der Waals surface area (Å²) in [6.45, 7) is 15.1. The smallest absolute Gasteiger partial charge is 0.252 e. The average molecular weight is 199 g/mol. The molecule has 0 unspecified atom stereocenters. The summed E-state index contributed by atoms with van der Waals surface area (Å²) < 4.78 is 0. The van der Waals surface area contributed by atoms with Crippen LogP contribution in [0.5, 0.6) is 0 Å². The minimum atomic E-state index is -0.0434. The summed E-state index contributed by atoms with van der Waals surface area (Å²) >= 11 is 0. The van der Waals surface area contributed by atoms with Gasteiger partial charge >= 0.3 is 0 Å². The van der Waals surface area contributed by atoms with Crippen LogP contribution >= 0.6 is 0 Å². The molecule has 0 aromatic heterocycles. The Balaban J connectivity index is -0.000000266. The minimum absolute atomic E-state index is 0.0434. The second-order valence-corrected chi connectivity index (χ2v) is 2.18. The highest BCUT2D eigenvalue weighted by atomic mass is 16.2. The zero-order chi connectivity index (χ0) is 12.1. The molecule has 0 aromatic rings. The first-order valence-electron chi connectivity index (χ1n) is 5.15. The van der Waals surface area contributed by atoms with Gasteiger partial charge < -0.3 is 4.90 Å². The van der Waals surface area contributed by atoms with Gasteiger partial charge in [-0.25, -0.2) is 0 Å². The molecule has 0 aliphatic rings. The lowest BCUT2D eigenvalue weighted by Gasteiger charge is -2.10. The van der Waals surface area contributed by atoms with E-state index in [1.165, 1.54) is 4.90 Å². The fourth-order valence-corrected chi connectivity index (χ4v) is 0.592. The van der Waals surface area contributed by atoms with Crippen molar-refractivity contribution in [3.05, 3.63) is 24.4 Å². The van der Waals surface area contributed by atoms with E-state index in [1.54, 1.807) is 26.2 Å². The first kappa shape index (κ1) is 18.7. The zero-order valence-corrected chi connectivity index (χ0v) is 10.7. The van der Waals surface area contributed by atoms with E-state index in [2.05, 4.69) is 6.58 Å². The van der Waals surface area contributed by atoms with E-state index in [0.717, 1.165) is 0 Å². The lowest BCUT2D eigenvalue weighted by molar-refractivity contribution is -0.123. The van der Waals surface area contributed by atoms with Gasteiger partial charge in [-0.1, -0.05) is 40.3 Å². The fraction of sp³-hybridized carbons (Fsp3) is 0.583. The lowest BCUT2D eigenvalue weighted by atomic mass is 10.3. The van der Waals surface area contributed by atoms with Crippen LogP contribution in [0.15, 0.2) is 24.4 Å². The Morgan fingerprint density at radius 1 is 1.21 bits per heavy atom. The molecule has 0 N–H and O–H groups in total. The molecule has 2 nitrogen and oxygen atoms in total. The summed E-state index contributed by atoms with van der Waals surface area (Å²) in [5.41, 5.74) is 0.556. The Hall–Kier alpha value is -1.05. The van der Waals surface area contributed by atoms with Crippen molar-refractivity contribution >= 4 is 5.91 Å². The van der Waals surface area contributed by atoms with E-state index in [1.807, 2.05) is 34.6 Å². The van der Waals surface area contributed by atoms with E-state index >= 15 is 0 Å². The van der Waals surface area contributed by atoms with Crippen LogP contribution in [-0.2, 0) is 4.79 Å². The van der Waals surface area contributed by atoms with Crippen LogP contribution in [0, 0.1) is 0 Å². The van der Waals surface area contributed by atoms with E-state index < -0.39 is 0 Å². The molecule has 0 radical (unpaired) electrons. The van der Waals surface area contributed by atoms with Crippen LogP contribution in [-0.4, -0.2) is 17.9 Å². The van der Waals surface area contributed by atoms with Crippen LogP contribution in [0.4, 0.5) is 0 Å². The summed E-state index contributed by atoms with van der Waals surface area (Å²) in [6.07, 6.45) is 3.51. The van der Waals surface area contributed by atoms with Crippen molar-refractivity contribution in [3.63, 3.8) is 0 Å². The predicted molar refractivity (Wildman–Crippen MR) is 65.1 cm³/mol. The summed E-state index contributed by atoms with van der Waals surface area (Å²) in [6, 6.07) is 0. The molecule has 84 valence electrons. The van der Waals surface area contributed by atoms with Crippen LogP contribution in [0.3, 0.4) is 0 Å². The Kier molecular flexibility index (Phi) is 19.3. The van der Waals surface area contributed by atoms with Gasteiger partial charge in [0.05, 0.1) is 0 Å². The van der Waals surface area contributed by atoms with Gasteiger partial charge in [0.2, 0.25) is 0 Å². The van der Waals surface area contributed by atoms with Crippen molar-refractivity contribution in [2.24, 2.45) is 0 Å². The number of hydrogen-bond acceptors (Lipinski definition) is 1. The largest absolute Gasteiger partial charge is 0.319 e. The van der Waals surface area contributed by atoms with E-state index in [0.29, 0.717) is 5.57 Å². The number of hydrogen-bond donors (Lipinski definition) is 0. The van der Waals surface area contributed by atoms with E-state index in [4.69, 9.17) is 0 Å². The van der Waals surface area contributed by atoms with Crippen LogP contribution in [0.1, 0.15) is 41.5 Å². The third kappa shape index (κ3) is 11.0. The van der Waals surface area contributed by atoms with Gasteiger partial charge in [-0.15, -0.1) is 0 Å². The SMILES string of the molecule is C=C(C)C(=O)N(C)/C=C\C.CC.CC. The topological polar surface area (TPSA) is 20.3 Å². The van der Waals surface area contributed by atoms with Gasteiger partial charge in [-0.2, -0.15) is 0 Å². The molecule has 0 heterocycles. The Morgan fingerprint density at radius 2 is 1.57 bits per heavy atom. The molecule has 0 atom stereocenters. The maximum absolute atomic E-state index is 11.0. The number of amides is 1. The number of rotatable bonds is 2. The molecule has 14 heavy (non-hydrogen) atoms. The molecule has 1 amide bonds. The minimum Gasteiger partial charge on any atom is -0.319 e. The fourth-order valence-electron chi connectivity index (χ4n) is 0.592. The molecule has 0 saturated heterocycles. The van der Waals surface area contributed by atoms with Gasteiger partial charge in [0.25, 0.3) is 5.91 Å². The van der Waals surface area contributed by atoms with Gasteiger partial charge in [0, 0.05) is 18.8 Å². The zero-order valence-electron chi connectivity index (χ0n) is 10.7. The van der Waals surface area contributed by atoms with Crippen LogP contribution in [0.2, 0.25) is 0 Å². The van der Waals surface area contributed by atoms with E-state index in [-0.39, 0.29) is 5.91 Å². The number of likely N-dealkylation sites (N-methyl/N-ethyl adjacent to an activating group) is 1. The molecule has 0 spiro atoms. The van der Waals surface area contributed by atoms with Crippen molar-refractivity contribution in [3.8, 4) is 0 Å². The van der Waals surface area contributed by atoms with E-state index in [9.17, 15) is 4.79 Å². The molecule has 0 aromatic carbocycles. The van der Waals surface area contributed by atoms with Crippen molar-refractivity contribution in [1.29, 1.82) is 0 Å². The molecular weight excluding hydrogens is 174 g/mol. The van der Waals surface area contributed by atoms with Gasteiger partial charge in [-0.05, 0) is 13.8 Å². The quantitative estimate of drug-likeness (QED) is 0.622. The number of nitrogens with zero attached hydrogens (tertiary/aromatic N) is 1. The Bertz CT molecular complexity index is 171. The van der Waals surface area contributed by atoms with Crippen LogP contribution in [0.25, 0.3) is 0 Å². The van der Waals surface area contributed by atoms with Crippen molar-refractivity contribution in [1.82, 2.24) is 4.90 Å². The summed E-state index contributed by atoms with van der Waals surface area (Å²) in [4.78, 5) is 12.5. The number of allylic oxidation sites excluding steroid dienone is 1. The summed E-state index contributed by atoms with van der Waals surface area (Å²) in [5, 5.41) is 0. The predicted octanol–water partition coefficient (Wildman–Crippen LogP) is 3.61. The molecular formula is C12H25NO. The highest BCUT2D eigenvalue weighted by Gasteiger charge is 2.03. The third-order valence-electron chi connectivity index (χ3n) is 1.06. The highest BCUT2D eigenvalue weighted by molar-refractivity contribution is 5.92. The molecule has 0 fully saturated rings. The third-order valence-corrected chi connectivity index (χ3v) is 1.06. The maximum atomic E-state index is 11.0. The first-order chi connectivity index (χ1) is 6.59. The van der Waals surface area contributed by atoms with Crippen LogP contribution < -0.4 is 0 Å². The van der Waals surface area contributed by atoms with Crippen molar-refractivity contribution < 1.29 is 4.79 Å². The normalized spacial score (nSPS) is 7.93. The standard InChI is InChI=1S/C8H13NO.2C2H6/c1-5-6-9(4)8(10)7(2)3;2*1-2/h5-6H,2H2,1,3-4H3;2*1-2H3/b6-5-;;. The first-order valence-corrected chi connectivity index (χ1v) is 5.15. The Morgan fingerprint density at radius 3 is 1.79 bits per heavy atom. The highest BCUT2D eigenvalue weighted by Crippen LogP contribution is 1.95. The average Bonchev–Trinajstić information content (AvgIpc) is 2.23. The van der Waals surface area contributed by atoms with Gasteiger partial charge in [0.1, 0.15) is 0 Å². The monoisotopic (exact) mass is 199 g/mol. The number of carbonyl (C=O) groups is 1. The lowest BCUT2D eigenvalue weighted by Crippen LogP contribution is -2.20. The number of carbonyl (C=O) groups excluding carboxylic acids is 1.